The number of nitrogens with one attached hydrogen (secondary N) is 1. The summed E-state index contributed by atoms with van der Waals surface area (Å²) >= 11 is 9.29. The molecule has 1 atom stereocenters. The Morgan fingerprint density at radius 1 is 1.64 bits per heavy atom. The average molecular weight is 278 g/mol. The van der Waals surface area contributed by atoms with Crippen molar-refractivity contribution in [2.24, 2.45) is 0 Å². The number of anilines is 1. The molecule has 5 heteroatoms. The molecular weight excluding hydrogens is 267 g/mol. The maximum atomic E-state index is 5.94. The fraction of sp³-hybridized carbons (Fsp3) is 0.444. The van der Waals surface area contributed by atoms with Crippen molar-refractivity contribution in [1.82, 2.24) is 4.98 Å². The summed E-state index contributed by atoms with van der Waals surface area (Å²) in [6.07, 6.45) is 2.70. The zero-order valence-electron chi connectivity index (χ0n) is 7.46. The van der Waals surface area contributed by atoms with Crippen LogP contribution in [-0.2, 0) is 4.74 Å². The zero-order chi connectivity index (χ0) is 9.97. The van der Waals surface area contributed by atoms with Gasteiger partial charge in [-0.05, 0) is 28.4 Å². The molecule has 0 bridgehead atoms. The van der Waals surface area contributed by atoms with Gasteiger partial charge in [0.25, 0.3) is 0 Å². The first kappa shape index (κ1) is 10.2. The van der Waals surface area contributed by atoms with Gasteiger partial charge in [-0.15, -0.1) is 0 Å². The molecule has 0 aromatic carbocycles. The van der Waals surface area contributed by atoms with E-state index in [4.69, 9.17) is 16.3 Å². The second-order valence-electron chi connectivity index (χ2n) is 3.20. The van der Waals surface area contributed by atoms with Gasteiger partial charge >= 0.3 is 0 Å². The Morgan fingerprint density at radius 2 is 2.50 bits per heavy atom. The maximum Gasteiger partial charge on any atom is 0.152 e. The summed E-state index contributed by atoms with van der Waals surface area (Å²) in [7, 11) is 0. The minimum Gasteiger partial charge on any atom is -0.379 e. The Bertz CT molecular complexity index is 329. The van der Waals surface area contributed by atoms with E-state index in [1.54, 1.807) is 6.20 Å². The van der Waals surface area contributed by atoms with Crippen LogP contribution in [0.5, 0.6) is 0 Å². The number of hydrogen-bond acceptors (Lipinski definition) is 3. The first-order valence-electron chi connectivity index (χ1n) is 4.41. The van der Waals surface area contributed by atoms with E-state index in [0.29, 0.717) is 11.2 Å². The van der Waals surface area contributed by atoms with E-state index in [1.165, 1.54) is 0 Å². The third-order valence-corrected chi connectivity index (χ3v) is 2.83. The topological polar surface area (TPSA) is 34.2 Å². The third kappa shape index (κ3) is 2.38. The molecule has 0 amide bonds. The van der Waals surface area contributed by atoms with E-state index in [1.807, 2.05) is 6.07 Å². The van der Waals surface area contributed by atoms with Crippen LogP contribution in [0.3, 0.4) is 0 Å². The quantitative estimate of drug-likeness (QED) is 0.844. The lowest BCUT2D eigenvalue weighted by molar-refractivity contribution is 0.195. The van der Waals surface area contributed by atoms with Crippen LogP contribution >= 0.6 is 27.5 Å². The first-order chi connectivity index (χ1) is 6.75. The molecule has 1 aromatic heterocycles. The third-order valence-electron chi connectivity index (χ3n) is 2.10. The Kier molecular flexibility index (Phi) is 3.26. The minimum atomic E-state index is 0.351. The van der Waals surface area contributed by atoms with Gasteiger partial charge in [0.2, 0.25) is 0 Å². The van der Waals surface area contributed by atoms with Crippen LogP contribution in [0, 0.1) is 0 Å². The number of rotatable bonds is 2. The van der Waals surface area contributed by atoms with Gasteiger partial charge in [-0.25, -0.2) is 4.98 Å². The van der Waals surface area contributed by atoms with E-state index in [2.05, 4.69) is 26.2 Å². The van der Waals surface area contributed by atoms with Crippen molar-refractivity contribution < 1.29 is 4.74 Å². The van der Waals surface area contributed by atoms with Crippen LogP contribution in [0.4, 0.5) is 5.69 Å². The predicted octanol–water partition coefficient (Wildman–Crippen LogP) is 2.70. The summed E-state index contributed by atoms with van der Waals surface area (Å²) in [6.45, 7) is 1.56. The van der Waals surface area contributed by atoms with E-state index >= 15 is 0 Å². The average Bonchev–Trinajstić information content (AvgIpc) is 2.64. The molecule has 2 heterocycles. The van der Waals surface area contributed by atoms with Crippen LogP contribution in [0.1, 0.15) is 6.42 Å². The Balaban J connectivity index is 2.10. The largest absolute Gasteiger partial charge is 0.379 e. The molecule has 1 saturated heterocycles. The molecule has 1 unspecified atom stereocenters. The van der Waals surface area contributed by atoms with Crippen LogP contribution in [0.25, 0.3) is 0 Å². The fourth-order valence-electron chi connectivity index (χ4n) is 1.39. The monoisotopic (exact) mass is 276 g/mol. The second kappa shape index (κ2) is 4.47. The number of halogens is 2. The van der Waals surface area contributed by atoms with Crippen LogP contribution in [0.15, 0.2) is 16.7 Å². The van der Waals surface area contributed by atoms with Gasteiger partial charge in [0, 0.05) is 17.3 Å². The Morgan fingerprint density at radius 3 is 3.21 bits per heavy atom. The Labute approximate surface area is 95.9 Å². The fourth-order valence-corrected chi connectivity index (χ4v) is 1.88. The van der Waals surface area contributed by atoms with Gasteiger partial charge in [-0.2, -0.15) is 0 Å². The van der Waals surface area contributed by atoms with Gasteiger partial charge in [-0.3, -0.25) is 0 Å². The molecule has 1 N–H and O–H groups in total. The molecule has 1 aliphatic heterocycles. The highest BCUT2D eigenvalue weighted by Crippen LogP contribution is 2.24. The molecule has 1 aromatic rings. The van der Waals surface area contributed by atoms with Crippen LogP contribution in [0.2, 0.25) is 5.15 Å². The van der Waals surface area contributed by atoms with E-state index in [9.17, 15) is 0 Å². The molecule has 3 nitrogen and oxygen atoms in total. The highest BCUT2D eigenvalue weighted by atomic mass is 79.9. The summed E-state index contributed by atoms with van der Waals surface area (Å²) in [5.74, 6) is 0. The number of hydrogen-bond donors (Lipinski definition) is 1. The molecule has 0 spiro atoms. The van der Waals surface area contributed by atoms with E-state index < -0.39 is 0 Å². The van der Waals surface area contributed by atoms with Gasteiger partial charge in [-0.1, -0.05) is 11.6 Å². The number of ether oxygens (including phenoxy) is 1. The molecule has 76 valence electrons. The SMILES string of the molecule is Clc1ncc(Br)cc1NC1CCOC1. The van der Waals surface area contributed by atoms with Crippen molar-refractivity contribution in [3.8, 4) is 0 Å². The lowest BCUT2D eigenvalue weighted by Crippen LogP contribution is -2.19. The summed E-state index contributed by atoms with van der Waals surface area (Å²) in [6, 6.07) is 2.27. The van der Waals surface area contributed by atoms with Crippen molar-refractivity contribution in [2.45, 2.75) is 12.5 Å². The van der Waals surface area contributed by atoms with E-state index in [-0.39, 0.29) is 0 Å². The van der Waals surface area contributed by atoms with Gasteiger partial charge in [0.05, 0.1) is 18.3 Å². The summed E-state index contributed by atoms with van der Waals surface area (Å²) < 4.78 is 6.18. The van der Waals surface area contributed by atoms with Crippen molar-refractivity contribution in [3.05, 3.63) is 21.9 Å². The molecule has 1 fully saturated rings. The molecule has 0 aliphatic carbocycles. The van der Waals surface area contributed by atoms with Crippen LogP contribution < -0.4 is 5.32 Å². The maximum absolute atomic E-state index is 5.94. The molecule has 14 heavy (non-hydrogen) atoms. The summed E-state index contributed by atoms with van der Waals surface area (Å²) in [5.41, 5.74) is 0.858. The lowest BCUT2D eigenvalue weighted by atomic mass is 10.2. The standard InChI is InChI=1S/C9H10BrClN2O/c10-6-3-8(9(11)12-4-6)13-7-1-2-14-5-7/h3-4,7,13H,1-2,5H2. The van der Waals surface area contributed by atoms with E-state index in [0.717, 1.165) is 29.8 Å². The second-order valence-corrected chi connectivity index (χ2v) is 4.47. The molecule has 2 rings (SSSR count). The van der Waals surface area contributed by atoms with Crippen molar-refractivity contribution in [1.29, 1.82) is 0 Å². The van der Waals surface area contributed by atoms with Gasteiger partial charge < -0.3 is 10.1 Å². The number of pyridine rings is 1. The smallest absolute Gasteiger partial charge is 0.152 e. The molecule has 1 aliphatic rings. The lowest BCUT2D eigenvalue weighted by Gasteiger charge is -2.12. The highest BCUT2D eigenvalue weighted by molar-refractivity contribution is 9.10. The first-order valence-corrected chi connectivity index (χ1v) is 5.58. The molecular formula is C9H10BrClN2O. The van der Waals surface area contributed by atoms with Crippen molar-refractivity contribution in [3.63, 3.8) is 0 Å². The van der Waals surface area contributed by atoms with Crippen LogP contribution in [-0.4, -0.2) is 24.2 Å². The Hall–Kier alpha value is -0.320. The number of nitrogens with zero attached hydrogens (tertiary/aromatic N) is 1. The molecule has 0 radical (unpaired) electrons. The molecule has 0 saturated carbocycles. The highest BCUT2D eigenvalue weighted by Gasteiger charge is 2.16. The number of aromatic nitrogens is 1. The summed E-state index contributed by atoms with van der Waals surface area (Å²) in [4.78, 5) is 4.04. The van der Waals surface area contributed by atoms with Crippen molar-refractivity contribution >= 4 is 33.2 Å². The normalized spacial score (nSPS) is 21.1. The van der Waals surface area contributed by atoms with Gasteiger partial charge in [0.15, 0.2) is 5.15 Å². The van der Waals surface area contributed by atoms with Gasteiger partial charge in [0.1, 0.15) is 0 Å². The predicted molar refractivity (Wildman–Crippen MR) is 59.8 cm³/mol. The minimum absolute atomic E-state index is 0.351. The zero-order valence-corrected chi connectivity index (χ0v) is 9.81. The van der Waals surface area contributed by atoms with Crippen molar-refractivity contribution in [2.75, 3.05) is 18.5 Å². The summed E-state index contributed by atoms with van der Waals surface area (Å²) in [5, 5.41) is 3.80.